The average molecular weight is 386 g/mol. The van der Waals surface area contributed by atoms with Crippen molar-refractivity contribution in [2.45, 2.75) is 6.42 Å². The van der Waals surface area contributed by atoms with Crippen LogP contribution >= 0.6 is 34.8 Å². The summed E-state index contributed by atoms with van der Waals surface area (Å²) in [6, 6.07) is 11.7. The van der Waals surface area contributed by atoms with Gasteiger partial charge in [-0.2, -0.15) is 0 Å². The van der Waals surface area contributed by atoms with E-state index in [-0.39, 0.29) is 24.8 Å². The highest BCUT2D eigenvalue weighted by Crippen LogP contribution is 2.20. The SMILES string of the molecule is O=C(Cc1ccc(Cl)cc1)NCCNC(=O)c1cc(Cl)ccc1Cl. The molecule has 0 bridgehead atoms. The summed E-state index contributed by atoms with van der Waals surface area (Å²) in [4.78, 5) is 23.8. The van der Waals surface area contributed by atoms with Crippen molar-refractivity contribution in [1.82, 2.24) is 10.6 Å². The first-order chi connectivity index (χ1) is 11.5. The maximum absolute atomic E-state index is 12.0. The third-order valence-corrected chi connectivity index (χ3v) is 4.00. The van der Waals surface area contributed by atoms with Gasteiger partial charge in [0.2, 0.25) is 5.91 Å². The molecule has 0 aromatic heterocycles. The van der Waals surface area contributed by atoms with Crippen LogP contribution in [0.2, 0.25) is 15.1 Å². The predicted molar refractivity (Wildman–Crippen MR) is 97.0 cm³/mol. The van der Waals surface area contributed by atoms with Crippen molar-refractivity contribution in [1.29, 1.82) is 0 Å². The third-order valence-electron chi connectivity index (χ3n) is 3.18. The highest BCUT2D eigenvalue weighted by atomic mass is 35.5. The summed E-state index contributed by atoms with van der Waals surface area (Å²) in [5, 5.41) is 6.79. The standard InChI is InChI=1S/C17H15Cl3N2O2/c18-12-3-1-11(2-4-12)9-16(23)21-7-8-22-17(24)14-10-13(19)5-6-15(14)20/h1-6,10H,7-9H2,(H,21,23)(H,22,24). The van der Waals surface area contributed by atoms with Crippen LogP contribution in [0.25, 0.3) is 0 Å². The highest BCUT2D eigenvalue weighted by Gasteiger charge is 2.10. The van der Waals surface area contributed by atoms with Gasteiger partial charge in [0.1, 0.15) is 0 Å². The van der Waals surface area contributed by atoms with E-state index in [1.807, 2.05) is 0 Å². The number of halogens is 3. The summed E-state index contributed by atoms with van der Waals surface area (Å²) < 4.78 is 0. The van der Waals surface area contributed by atoms with Crippen molar-refractivity contribution in [2.24, 2.45) is 0 Å². The van der Waals surface area contributed by atoms with E-state index < -0.39 is 0 Å². The van der Waals surface area contributed by atoms with Crippen LogP contribution in [0.4, 0.5) is 0 Å². The number of carbonyl (C=O) groups is 2. The van der Waals surface area contributed by atoms with E-state index >= 15 is 0 Å². The zero-order valence-electron chi connectivity index (χ0n) is 12.6. The number of nitrogens with one attached hydrogen (secondary N) is 2. The van der Waals surface area contributed by atoms with Crippen LogP contribution < -0.4 is 10.6 Å². The van der Waals surface area contributed by atoms with E-state index in [9.17, 15) is 9.59 Å². The van der Waals surface area contributed by atoms with Gasteiger partial charge in [-0.3, -0.25) is 9.59 Å². The number of hydrogen-bond donors (Lipinski definition) is 2. The molecule has 24 heavy (non-hydrogen) atoms. The van der Waals surface area contributed by atoms with Gasteiger partial charge in [-0.1, -0.05) is 46.9 Å². The first-order valence-electron chi connectivity index (χ1n) is 7.20. The minimum atomic E-state index is -0.338. The summed E-state index contributed by atoms with van der Waals surface area (Å²) in [5.41, 5.74) is 1.17. The van der Waals surface area contributed by atoms with Crippen LogP contribution in [-0.4, -0.2) is 24.9 Å². The second-order valence-electron chi connectivity index (χ2n) is 5.03. The lowest BCUT2D eigenvalue weighted by molar-refractivity contribution is -0.120. The summed E-state index contributed by atoms with van der Waals surface area (Å²) >= 11 is 17.6. The van der Waals surface area contributed by atoms with Crippen LogP contribution in [-0.2, 0) is 11.2 Å². The molecule has 0 saturated carbocycles. The molecule has 4 nitrogen and oxygen atoms in total. The second-order valence-corrected chi connectivity index (χ2v) is 6.31. The number of hydrogen-bond acceptors (Lipinski definition) is 2. The monoisotopic (exact) mass is 384 g/mol. The lowest BCUT2D eigenvalue weighted by atomic mass is 10.1. The number of rotatable bonds is 6. The number of benzene rings is 2. The van der Waals surface area contributed by atoms with Crippen molar-refractivity contribution in [3.05, 3.63) is 68.7 Å². The largest absolute Gasteiger partial charge is 0.354 e. The molecule has 126 valence electrons. The van der Waals surface area contributed by atoms with Gasteiger partial charge < -0.3 is 10.6 Å². The van der Waals surface area contributed by atoms with Crippen molar-refractivity contribution in [3.8, 4) is 0 Å². The van der Waals surface area contributed by atoms with E-state index in [1.54, 1.807) is 36.4 Å². The minimum absolute atomic E-state index is 0.132. The molecule has 2 N–H and O–H groups in total. The molecule has 2 aromatic carbocycles. The summed E-state index contributed by atoms with van der Waals surface area (Å²) in [7, 11) is 0. The topological polar surface area (TPSA) is 58.2 Å². The van der Waals surface area contributed by atoms with Crippen LogP contribution in [0.15, 0.2) is 42.5 Å². The molecule has 0 spiro atoms. The van der Waals surface area contributed by atoms with E-state index in [1.165, 1.54) is 6.07 Å². The molecule has 0 saturated heterocycles. The normalized spacial score (nSPS) is 10.3. The molecule has 0 radical (unpaired) electrons. The Bertz CT molecular complexity index is 733. The first-order valence-corrected chi connectivity index (χ1v) is 8.33. The fraction of sp³-hybridized carbons (Fsp3) is 0.176. The van der Waals surface area contributed by atoms with Crippen LogP contribution in [0.1, 0.15) is 15.9 Å². The fourth-order valence-corrected chi connectivity index (χ4v) is 2.50. The summed E-state index contributed by atoms with van der Waals surface area (Å²) in [5.74, 6) is -0.471. The zero-order chi connectivity index (χ0) is 17.5. The van der Waals surface area contributed by atoms with E-state index in [0.29, 0.717) is 27.2 Å². The fourth-order valence-electron chi connectivity index (χ4n) is 1.99. The third kappa shape index (κ3) is 5.71. The van der Waals surface area contributed by atoms with Gasteiger partial charge in [-0.15, -0.1) is 0 Å². The van der Waals surface area contributed by atoms with Crippen LogP contribution in [0.3, 0.4) is 0 Å². The van der Waals surface area contributed by atoms with E-state index in [4.69, 9.17) is 34.8 Å². The molecule has 2 rings (SSSR count). The lowest BCUT2D eigenvalue weighted by Gasteiger charge is -2.08. The Labute approximate surface area is 155 Å². The highest BCUT2D eigenvalue weighted by molar-refractivity contribution is 6.35. The quantitative estimate of drug-likeness (QED) is 0.744. The molecule has 0 heterocycles. The molecule has 0 aliphatic rings. The number of amides is 2. The molecule has 0 unspecified atom stereocenters. The Balaban J connectivity index is 1.74. The van der Waals surface area contributed by atoms with Gasteiger partial charge in [-0.05, 0) is 35.9 Å². The molecule has 2 aromatic rings. The molecule has 0 aliphatic carbocycles. The Morgan fingerprint density at radius 2 is 1.46 bits per heavy atom. The van der Waals surface area contributed by atoms with Gasteiger partial charge in [0.05, 0.1) is 17.0 Å². The molecule has 0 fully saturated rings. The van der Waals surface area contributed by atoms with Gasteiger partial charge in [0, 0.05) is 23.1 Å². The maximum Gasteiger partial charge on any atom is 0.252 e. The summed E-state index contributed by atoms with van der Waals surface area (Å²) in [6.07, 6.45) is 0.255. The zero-order valence-corrected chi connectivity index (χ0v) is 14.9. The van der Waals surface area contributed by atoms with Gasteiger partial charge in [0.15, 0.2) is 0 Å². The van der Waals surface area contributed by atoms with Crippen molar-refractivity contribution in [3.63, 3.8) is 0 Å². The Morgan fingerprint density at radius 1 is 0.833 bits per heavy atom. The molecular weight excluding hydrogens is 371 g/mol. The first kappa shape index (κ1) is 18.6. The molecular formula is C17H15Cl3N2O2. The van der Waals surface area contributed by atoms with Gasteiger partial charge in [0.25, 0.3) is 5.91 Å². The van der Waals surface area contributed by atoms with Crippen molar-refractivity contribution >= 4 is 46.6 Å². The predicted octanol–water partition coefficient (Wildman–Crippen LogP) is 3.74. The Kier molecular flexibility index (Phi) is 6.91. The smallest absolute Gasteiger partial charge is 0.252 e. The second kappa shape index (κ2) is 8.92. The minimum Gasteiger partial charge on any atom is -0.354 e. The molecule has 2 amide bonds. The van der Waals surface area contributed by atoms with Gasteiger partial charge in [-0.25, -0.2) is 0 Å². The van der Waals surface area contributed by atoms with Crippen LogP contribution in [0, 0.1) is 0 Å². The molecule has 0 aliphatic heterocycles. The Hall–Kier alpha value is -1.75. The maximum atomic E-state index is 12.0. The van der Waals surface area contributed by atoms with Crippen molar-refractivity contribution < 1.29 is 9.59 Å². The van der Waals surface area contributed by atoms with Crippen LogP contribution in [0.5, 0.6) is 0 Å². The van der Waals surface area contributed by atoms with Gasteiger partial charge >= 0.3 is 0 Å². The lowest BCUT2D eigenvalue weighted by Crippen LogP contribution is -2.35. The Morgan fingerprint density at radius 3 is 2.17 bits per heavy atom. The summed E-state index contributed by atoms with van der Waals surface area (Å²) in [6.45, 7) is 0.602. The molecule has 0 atom stereocenters. The van der Waals surface area contributed by atoms with E-state index in [0.717, 1.165) is 5.56 Å². The van der Waals surface area contributed by atoms with Crippen molar-refractivity contribution in [2.75, 3.05) is 13.1 Å². The average Bonchev–Trinajstić information content (AvgIpc) is 2.56. The number of carbonyl (C=O) groups excluding carboxylic acids is 2. The van der Waals surface area contributed by atoms with E-state index in [2.05, 4.69) is 10.6 Å². The molecule has 7 heteroatoms.